The molecule has 0 bridgehead atoms. The molecule has 4 nitrogen and oxygen atoms in total. The monoisotopic (exact) mass is 311 g/mol. The van der Waals surface area contributed by atoms with Gasteiger partial charge in [-0.05, 0) is 43.7 Å². The number of anilines is 1. The summed E-state index contributed by atoms with van der Waals surface area (Å²) in [5.41, 5.74) is 2.02. The molecule has 1 aliphatic heterocycles. The van der Waals surface area contributed by atoms with Gasteiger partial charge in [-0.2, -0.15) is 0 Å². The number of carbonyl (C=O) groups excluding carboxylic acids is 2. The van der Waals surface area contributed by atoms with Crippen molar-refractivity contribution in [3.05, 3.63) is 42.0 Å². The van der Waals surface area contributed by atoms with Gasteiger partial charge in [-0.15, -0.1) is 0 Å². The lowest BCUT2D eigenvalue weighted by atomic mass is 9.67. The average Bonchev–Trinajstić information content (AvgIpc) is 2.86. The lowest BCUT2D eigenvalue weighted by molar-refractivity contribution is -0.123. The predicted molar refractivity (Wildman–Crippen MR) is 86.8 cm³/mol. The van der Waals surface area contributed by atoms with Gasteiger partial charge in [0.2, 0.25) is 11.8 Å². The van der Waals surface area contributed by atoms with Crippen LogP contribution in [0.5, 0.6) is 0 Å². The highest BCUT2D eigenvalue weighted by Crippen LogP contribution is 2.48. The highest BCUT2D eigenvalue weighted by atomic mass is 16.5. The number of imide groups is 1. The quantitative estimate of drug-likeness (QED) is 0.623. The minimum atomic E-state index is -0.185. The van der Waals surface area contributed by atoms with Gasteiger partial charge in [0.25, 0.3) is 0 Å². The first-order valence-corrected chi connectivity index (χ1v) is 8.35. The van der Waals surface area contributed by atoms with E-state index in [4.69, 9.17) is 4.74 Å². The lowest BCUT2D eigenvalue weighted by Crippen LogP contribution is -2.36. The van der Waals surface area contributed by atoms with Crippen LogP contribution in [0.1, 0.15) is 25.7 Å². The molecule has 4 rings (SSSR count). The fourth-order valence-electron chi connectivity index (χ4n) is 4.47. The van der Waals surface area contributed by atoms with E-state index in [0.717, 1.165) is 19.3 Å². The van der Waals surface area contributed by atoms with E-state index >= 15 is 0 Å². The zero-order valence-electron chi connectivity index (χ0n) is 13.3. The van der Waals surface area contributed by atoms with Crippen molar-refractivity contribution in [3.63, 3.8) is 0 Å². The lowest BCUT2D eigenvalue weighted by Gasteiger charge is -2.37. The van der Waals surface area contributed by atoms with E-state index in [9.17, 15) is 9.59 Å². The number of allylic oxidation sites excluding steroid dienone is 1. The molecule has 1 saturated heterocycles. The van der Waals surface area contributed by atoms with Crippen LogP contribution in [0, 0.1) is 17.8 Å². The molecule has 1 aromatic rings. The third-order valence-electron chi connectivity index (χ3n) is 5.63. The summed E-state index contributed by atoms with van der Waals surface area (Å²) in [6, 6.07) is 9.30. The highest BCUT2D eigenvalue weighted by Gasteiger charge is 2.53. The van der Waals surface area contributed by atoms with Crippen molar-refractivity contribution < 1.29 is 14.3 Å². The number of hydrogen-bond donors (Lipinski definition) is 0. The summed E-state index contributed by atoms with van der Waals surface area (Å²) in [5, 5.41) is 0. The number of methoxy groups -OCH3 is 1. The molecule has 1 heterocycles. The van der Waals surface area contributed by atoms with Crippen LogP contribution in [0.3, 0.4) is 0 Å². The minimum Gasteiger partial charge on any atom is -0.381 e. The number of carbonyl (C=O) groups is 2. The number of ether oxygens (including phenoxy) is 1. The first kappa shape index (κ1) is 14.6. The third-order valence-corrected chi connectivity index (χ3v) is 5.63. The zero-order valence-corrected chi connectivity index (χ0v) is 13.3. The Morgan fingerprint density at radius 1 is 1.04 bits per heavy atom. The van der Waals surface area contributed by atoms with Crippen LogP contribution in [0.4, 0.5) is 5.69 Å². The molecule has 3 aliphatic rings. The molecule has 4 atom stereocenters. The first-order chi connectivity index (χ1) is 11.2. The fraction of sp³-hybridized carbons (Fsp3) is 0.474. The second-order valence-corrected chi connectivity index (χ2v) is 6.74. The van der Waals surface area contributed by atoms with Crippen molar-refractivity contribution in [2.24, 2.45) is 17.8 Å². The maximum absolute atomic E-state index is 13.0. The molecular formula is C19H21NO3. The van der Waals surface area contributed by atoms with Crippen molar-refractivity contribution in [3.8, 4) is 0 Å². The predicted octanol–water partition coefficient (Wildman–Crippen LogP) is 2.94. The van der Waals surface area contributed by atoms with Gasteiger partial charge in [0.1, 0.15) is 0 Å². The number of hydrogen-bond acceptors (Lipinski definition) is 3. The fourth-order valence-corrected chi connectivity index (χ4v) is 4.47. The molecule has 0 spiro atoms. The number of para-hydroxylation sites is 1. The molecule has 0 N–H and O–H groups in total. The highest BCUT2D eigenvalue weighted by molar-refractivity contribution is 6.22. The molecule has 0 radical (unpaired) electrons. The van der Waals surface area contributed by atoms with E-state index in [1.165, 1.54) is 10.5 Å². The van der Waals surface area contributed by atoms with Crippen LogP contribution < -0.4 is 4.90 Å². The van der Waals surface area contributed by atoms with Crippen LogP contribution in [0.15, 0.2) is 42.0 Å². The SMILES string of the molecule is CO[C@H]1CC[C@H]2C(=CC[C@H]3C(=O)N(c4ccccc4)C(=O)[C@H]32)C1. The van der Waals surface area contributed by atoms with Gasteiger partial charge >= 0.3 is 0 Å². The van der Waals surface area contributed by atoms with Gasteiger partial charge in [0.05, 0.1) is 23.6 Å². The summed E-state index contributed by atoms with van der Waals surface area (Å²) in [6.07, 6.45) is 5.93. The van der Waals surface area contributed by atoms with E-state index in [1.54, 1.807) is 7.11 Å². The Hall–Kier alpha value is -1.94. The topological polar surface area (TPSA) is 46.6 Å². The molecular weight excluding hydrogens is 290 g/mol. The van der Waals surface area contributed by atoms with Crippen LogP contribution in [0.25, 0.3) is 0 Å². The number of amides is 2. The van der Waals surface area contributed by atoms with E-state index < -0.39 is 0 Å². The molecule has 0 unspecified atom stereocenters. The van der Waals surface area contributed by atoms with Crippen LogP contribution in [0.2, 0.25) is 0 Å². The Morgan fingerprint density at radius 3 is 2.57 bits per heavy atom. The van der Waals surface area contributed by atoms with E-state index in [1.807, 2.05) is 30.3 Å². The molecule has 120 valence electrons. The maximum Gasteiger partial charge on any atom is 0.238 e. The van der Waals surface area contributed by atoms with Crippen molar-refractivity contribution in [2.75, 3.05) is 12.0 Å². The standard InChI is InChI=1S/C19H21NO3/c1-23-14-8-10-15-12(11-14)7-9-16-17(15)19(22)20(18(16)21)13-5-3-2-4-6-13/h2-7,14-17H,8-11H2,1H3/t14-,15-,16+,17-/m0/s1. The molecule has 1 saturated carbocycles. The normalized spacial score (nSPS) is 33.3. The smallest absolute Gasteiger partial charge is 0.238 e. The molecule has 4 heteroatoms. The van der Waals surface area contributed by atoms with Crippen LogP contribution in [-0.2, 0) is 14.3 Å². The Morgan fingerprint density at radius 2 is 1.83 bits per heavy atom. The second-order valence-electron chi connectivity index (χ2n) is 6.74. The van der Waals surface area contributed by atoms with Gasteiger partial charge < -0.3 is 4.74 Å². The summed E-state index contributed by atoms with van der Waals surface area (Å²) in [4.78, 5) is 27.2. The number of benzene rings is 1. The van der Waals surface area contributed by atoms with E-state index in [-0.39, 0.29) is 35.7 Å². The van der Waals surface area contributed by atoms with E-state index in [0.29, 0.717) is 12.1 Å². The summed E-state index contributed by atoms with van der Waals surface area (Å²) in [5.74, 6) is -0.200. The number of rotatable bonds is 2. The molecule has 2 aliphatic carbocycles. The van der Waals surface area contributed by atoms with Crippen molar-refractivity contribution >= 4 is 17.5 Å². The largest absolute Gasteiger partial charge is 0.381 e. The van der Waals surface area contributed by atoms with Crippen molar-refractivity contribution in [1.29, 1.82) is 0 Å². The Balaban J connectivity index is 1.65. The Kier molecular flexibility index (Phi) is 3.57. The summed E-state index contributed by atoms with van der Waals surface area (Å²) in [6.45, 7) is 0. The van der Waals surface area contributed by atoms with Crippen LogP contribution in [-0.4, -0.2) is 25.0 Å². The maximum atomic E-state index is 13.0. The second kappa shape index (κ2) is 5.60. The number of fused-ring (bicyclic) bond motifs is 3. The molecule has 2 amide bonds. The first-order valence-electron chi connectivity index (χ1n) is 8.35. The summed E-state index contributed by atoms with van der Waals surface area (Å²) in [7, 11) is 1.75. The van der Waals surface area contributed by atoms with Crippen molar-refractivity contribution in [1.82, 2.24) is 0 Å². The van der Waals surface area contributed by atoms with Gasteiger partial charge in [-0.1, -0.05) is 29.8 Å². The van der Waals surface area contributed by atoms with Gasteiger partial charge in [0.15, 0.2) is 0 Å². The van der Waals surface area contributed by atoms with Crippen molar-refractivity contribution in [2.45, 2.75) is 31.8 Å². The molecule has 0 aromatic heterocycles. The minimum absolute atomic E-state index is 0.0160. The summed E-state index contributed by atoms with van der Waals surface area (Å²) >= 11 is 0. The molecule has 23 heavy (non-hydrogen) atoms. The van der Waals surface area contributed by atoms with Gasteiger partial charge in [-0.3, -0.25) is 14.5 Å². The van der Waals surface area contributed by atoms with Crippen LogP contribution >= 0.6 is 0 Å². The number of nitrogens with zero attached hydrogens (tertiary/aromatic N) is 1. The Bertz CT molecular complexity index is 666. The molecule has 1 aromatic carbocycles. The summed E-state index contributed by atoms with van der Waals surface area (Å²) < 4.78 is 5.49. The van der Waals surface area contributed by atoms with E-state index in [2.05, 4.69) is 6.08 Å². The average molecular weight is 311 g/mol. The third kappa shape index (κ3) is 2.24. The van der Waals surface area contributed by atoms with Gasteiger partial charge in [0, 0.05) is 7.11 Å². The molecule has 2 fully saturated rings. The van der Waals surface area contributed by atoms with Gasteiger partial charge in [-0.25, -0.2) is 0 Å². The Labute approximate surface area is 136 Å². The zero-order chi connectivity index (χ0) is 16.0.